The Bertz CT molecular complexity index is 349. The van der Waals surface area contributed by atoms with Gasteiger partial charge in [-0.1, -0.05) is 18.2 Å². The highest BCUT2D eigenvalue weighted by Crippen LogP contribution is 2.26. The van der Waals surface area contributed by atoms with Crippen molar-refractivity contribution in [3.8, 4) is 0 Å². The predicted octanol–water partition coefficient (Wildman–Crippen LogP) is 2.13. The van der Waals surface area contributed by atoms with E-state index in [9.17, 15) is 13.2 Å². The molecule has 1 aliphatic rings. The van der Waals surface area contributed by atoms with Gasteiger partial charge in [0.1, 0.15) is 6.04 Å². The number of benzene rings is 1. The van der Waals surface area contributed by atoms with Crippen molar-refractivity contribution in [2.75, 3.05) is 11.9 Å². The lowest BCUT2D eigenvalue weighted by molar-refractivity contribution is -0.141. The van der Waals surface area contributed by atoms with Gasteiger partial charge in [0.15, 0.2) is 0 Å². The van der Waals surface area contributed by atoms with E-state index in [4.69, 9.17) is 0 Å². The van der Waals surface area contributed by atoms with Crippen LogP contribution in [0.4, 0.5) is 18.9 Å². The van der Waals surface area contributed by atoms with Crippen LogP contribution in [0.2, 0.25) is 0 Å². The number of nitrogens with one attached hydrogen (secondary N) is 2. The Labute approximate surface area is 85.5 Å². The van der Waals surface area contributed by atoms with Crippen LogP contribution in [0.15, 0.2) is 24.3 Å². The molecule has 0 saturated carbocycles. The van der Waals surface area contributed by atoms with E-state index in [1.807, 2.05) is 12.1 Å². The maximum Gasteiger partial charge on any atom is 0.409 e. The van der Waals surface area contributed by atoms with Crippen molar-refractivity contribution in [3.05, 3.63) is 29.8 Å². The van der Waals surface area contributed by atoms with Crippen LogP contribution in [-0.4, -0.2) is 18.8 Å². The van der Waals surface area contributed by atoms with Crippen molar-refractivity contribution in [2.45, 2.75) is 18.8 Å². The average molecular weight is 216 g/mol. The summed E-state index contributed by atoms with van der Waals surface area (Å²) in [6.07, 6.45) is -4.22. The first kappa shape index (κ1) is 10.3. The number of halogens is 3. The van der Waals surface area contributed by atoms with Crippen LogP contribution in [0.1, 0.15) is 5.56 Å². The molecule has 1 unspecified atom stereocenters. The van der Waals surface area contributed by atoms with Gasteiger partial charge in [0.25, 0.3) is 0 Å². The molecule has 1 aromatic rings. The number of hydrogen-bond donors (Lipinski definition) is 2. The number of hydrogen-bond acceptors (Lipinski definition) is 2. The van der Waals surface area contributed by atoms with Crippen LogP contribution in [0.5, 0.6) is 0 Å². The Morgan fingerprint density at radius 1 is 1.20 bits per heavy atom. The van der Waals surface area contributed by atoms with Crippen LogP contribution in [0.3, 0.4) is 0 Å². The minimum Gasteiger partial charge on any atom is -0.373 e. The van der Waals surface area contributed by atoms with Gasteiger partial charge in [-0.25, -0.2) is 0 Å². The van der Waals surface area contributed by atoms with Gasteiger partial charge in [0, 0.05) is 18.8 Å². The fourth-order valence-electron chi connectivity index (χ4n) is 1.60. The molecule has 82 valence electrons. The lowest BCUT2D eigenvalue weighted by Crippen LogP contribution is -2.42. The third kappa shape index (κ3) is 2.23. The minimum absolute atomic E-state index is 0.0990. The lowest BCUT2D eigenvalue weighted by Gasteiger charge is -2.20. The third-order valence-corrected chi connectivity index (χ3v) is 2.41. The molecule has 1 aliphatic heterocycles. The highest BCUT2D eigenvalue weighted by atomic mass is 19.4. The van der Waals surface area contributed by atoms with Crippen LogP contribution in [-0.2, 0) is 6.54 Å². The number of rotatable bonds is 0. The topological polar surface area (TPSA) is 24.1 Å². The number of alkyl halides is 3. The second-order valence-corrected chi connectivity index (χ2v) is 3.53. The van der Waals surface area contributed by atoms with Gasteiger partial charge in [-0.05, 0) is 11.6 Å². The zero-order valence-corrected chi connectivity index (χ0v) is 7.93. The molecular formula is C10H11F3N2. The molecule has 1 aromatic carbocycles. The Morgan fingerprint density at radius 3 is 2.67 bits per heavy atom. The summed E-state index contributed by atoms with van der Waals surface area (Å²) in [6, 6.07) is 5.51. The Kier molecular flexibility index (Phi) is 2.56. The number of anilines is 1. The van der Waals surface area contributed by atoms with Gasteiger partial charge >= 0.3 is 6.18 Å². The SMILES string of the molecule is FC(F)(F)C1CNCc2ccccc2N1. The lowest BCUT2D eigenvalue weighted by atomic mass is 10.2. The van der Waals surface area contributed by atoms with E-state index in [1.54, 1.807) is 12.1 Å². The molecule has 0 amide bonds. The summed E-state index contributed by atoms with van der Waals surface area (Å²) in [5, 5.41) is 5.29. The van der Waals surface area contributed by atoms with Crippen LogP contribution in [0.25, 0.3) is 0 Å². The molecular weight excluding hydrogens is 205 g/mol. The molecule has 0 spiro atoms. The Hall–Kier alpha value is -1.23. The number of para-hydroxylation sites is 1. The van der Waals surface area contributed by atoms with E-state index >= 15 is 0 Å². The van der Waals surface area contributed by atoms with Crippen molar-refractivity contribution in [1.82, 2.24) is 5.32 Å². The Morgan fingerprint density at radius 2 is 1.93 bits per heavy atom. The monoisotopic (exact) mass is 216 g/mol. The Balaban J connectivity index is 2.25. The highest BCUT2D eigenvalue weighted by Gasteiger charge is 2.40. The molecule has 5 heteroatoms. The molecule has 0 fully saturated rings. The van der Waals surface area contributed by atoms with Gasteiger partial charge < -0.3 is 10.6 Å². The fraction of sp³-hybridized carbons (Fsp3) is 0.400. The van der Waals surface area contributed by atoms with Crippen molar-refractivity contribution >= 4 is 5.69 Å². The van der Waals surface area contributed by atoms with E-state index in [0.29, 0.717) is 12.2 Å². The zero-order valence-electron chi connectivity index (χ0n) is 7.93. The maximum atomic E-state index is 12.5. The summed E-state index contributed by atoms with van der Waals surface area (Å²) in [4.78, 5) is 0. The van der Waals surface area contributed by atoms with Gasteiger partial charge in [-0.2, -0.15) is 13.2 Å². The van der Waals surface area contributed by atoms with Gasteiger partial charge in [-0.15, -0.1) is 0 Å². The van der Waals surface area contributed by atoms with Crippen molar-refractivity contribution in [1.29, 1.82) is 0 Å². The predicted molar refractivity (Wildman–Crippen MR) is 51.6 cm³/mol. The molecule has 0 aromatic heterocycles. The van der Waals surface area contributed by atoms with Crippen LogP contribution >= 0.6 is 0 Å². The first-order chi connectivity index (χ1) is 7.07. The first-order valence-electron chi connectivity index (χ1n) is 4.69. The summed E-state index contributed by atoms with van der Waals surface area (Å²) >= 11 is 0. The van der Waals surface area contributed by atoms with Crippen molar-refractivity contribution in [2.24, 2.45) is 0 Å². The molecule has 0 radical (unpaired) electrons. The van der Waals surface area contributed by atoms with E-state index in [2.05, 4.69) is 10.6 Å². The molecule has 1 atom stereocenters. The highest BCUT2D eigenvalue weighted by molar-refractivity contribution is 5.52. The van der Waals surface area contributed by atoms with Crippen molar-refractivity contribution < 1.29 is 13.2 Å². The van der Waals surface area contributed by atoms with E-state index < -0.39 is 12.2 Å². The molecule has 0 aliphatic carbocycles. The minimum atomic E-state index is -4.22. The van der Waals surface area contributed by atoms with E-state index in [1.165, 1.54) is 0 Å². The van der Waals surface area contributed by atoms with E-state index in [0.717, 1.165) is 5.56 Å². The maximum absolute atomic E-state index is 12.5. The molecule has 2 rings (SSSR count). The normalized spacial score (nSPS) is 21.4. The van der Waals surface area contributed by atoms with Gasteiger partial charge in [0.05, 0.1) is 0 Å². The molecule has 15 heavy (non-hydrogen) atoms. The van der Waals surface area contributed by atoms with Crippen LogP contribution in [0, 0.1) is 0 Å². The number of fused-ring (bicyclic) bond motifs is 1. The quantitative estimate of drug-likeness (QED) is 0.694. The van der Waals surface area contributed by atoms with E-state index in [-0.39, 0.29) is 6.54 Å². The van der Waals surface area contributed by atoms with Gasteiger partial charge in [0.2, 0.25) is 0 Å². The zero-order chi connectivity index (χ0) is 10.9. The largest absolute Gasteiger partial charge is 0.409 e. The molecule has 2 nitrogen and oxygen atoms in total. The molecule has 0 saturated heterocycles. The summed E-state index contributed by atoms with van der Waals surface area (Å²) in [5.41, 5.74) is 1.43. The summed E-state index contributed by atoms with van der Waals surface area (Å²) < 4.78 is 37.5. The first-order valence-corrected chi connectivity index (χ1v) is 4.69. The third-order valence-electron chi connectivity index (χ3n) is 2.41. The second-order valence-electron chi connectivity index (χ2n) is 3.53. The second kappa shape index (κ2) is 3.73. The average Bonchev–Trinajstić information content (AvgIpc) is 2.38. The van der Waals surface area contributed by atoms with Crippen molar-refractivity contribution in [3.63, 3.8) is 0 Å². The van der Waals surface area contributed by atoms with Crippen LogP contribution < -0.4 is 10.6 Å². The summed E-state index contributed by atoms with van der Waals surface area (Å²) in [5.74, 6) is 0. The fourth-order valence-corrected chi connectivity index (χ4v) is 1.60. The molecule has 0 bridgehead atoms. The summed E-state index contributed by atoms with van der Waals surface area (Å²) in [6.45, 7) is 0.369. The smallest absolute Gasteiger partial charge is 0.373 e. The molecule has 2 N–H and O–H groups in total. The summed E-state index contributed by atoms with van der Waals surface area (Å²) in [7, 11) is 0. The standard InChI is InChI=1S/C10H11F3N2/c11-10(12,13)9-6-14-5-7-3-1-2-4-8(7)15-9/h1-4,9,14-15H,5-6H2. The molecule has 1 heterocycles. The van der Waals surface area contributed by atoms with Gasteiger partial charge in [-0.3, -0.25) is 0 Å².